The van der Waals surface area contributed by atoms with E-state index in [0.29, 0.717) is 26.7 Å². The largest absolute Gasteiger partial charge is 0.460 e. The molecule has 7 heteroatoms. The summed E-state index contributed by atoms with van der Waals surface area (Å²) in [5.74, 6) is -0.938. The van der Waals surface area contributed by atoms with Crippen LogP contribution in [0.2, 0.25) is 0 Å². The summed E-state index contributed by atoms with van der Waals surface area (Å²) in [6.07, 6.45) is 2.21. The van der Waals surface area contributed by atoms with Crippen LogP contribution < -0.4 is 0 Å². The molecule has 0 aliphatic heterocycles. The first-order valence-corrected chi connectivity index (χ1v) is 6.60. The Morgan fingerprint density at radius 3 is 1.67 bits per heavy atom. The van der Waals surface area contributed by atoms with Gasteiger partial charge in [0.2, 0.25) is 0 Å². The molecule has 0 aliphatic rings. The van der Waals surface area contributed by atoms with Crippen molar-refractivity contribution in [3.05, 3.63) is 25.3 Å². The Kier molecular flexibility index (Phi) is 12.2. The van der Waals surface area contributed by atoms with E-state index in [2.05, 4.69) is 13.2 Å². The highest BCUT2D eigenvalue weighted by Gasteiger charge is 2.03. The molecule has 0 N–H and O–H groups in total. The zero-order valence-corrected chi connectivity index (χ0v) is 12.4. The van der Waals surface area contributed by atoms with E-state index >= 15 is 0 Å². The van der Waals surface area contributed by atoms with Crippen molar-refractivity contribution in [2.75, 3.05) is 46.4 Å². The van der Waals surface area contributed by atoms with E-state index in [1.807, 2.05) is 11.8 Å². The van der Waals surface area contributed by atoms with Crippen LogP contribution in [-0.4, -0.2) is 63.3 Å². The lowest BCUT2D eigenvalue weighted by molar-refractivity contribution is -0.140. The molecule has 0 saturated heterocycles. The number of hydrogen-bond donors (Lipinski definition) is 0. The summed E-state index contributed by atoms with van der Waals surface area (Å²) in [6, 6.07) is 0. The number of rotatable bonds is 13. The van der Waals surface area contributed by atoms with Crippen LogP contribution in [0.25, 0.3) is 0 Å². The number of esters is 2. The van der Waals surface area contributed by atoms with Gasteiger partial charge < -0.3 is 18.9 Å². The summed E-state index contributed by atoms with van der Waals surface area (Å²) >= 11 is 0. The molecule has 0 fully saturated rings. The number of carbonyl (C=O) groups is 2. The van der Waals surface area contributed by atoms with Gasteiger partial charge >= 0.3 is 11.9 Å². The third-order valence-corrected chi connectivity index (χ3v) is 2.27. The SMILES string of the molecule is C=CC(=O)OCCOCN(CC)COCCOC(=O)C=C. The van der Waals surface area contributed by atoms with Crippen molar-refractivity contribution in [2.24, 2.45) is 0 Å². The lowest BCUT2D eigenvalue weighted by Crippen LogP contribution is -2.30. The van der Waals surface area contributed by atoms with E-state index in [0.717, 1.165) is 18.7 Å². The Morgan fingerprint density at radius 1 is 0.905 bits per heavy atom. The lowest BCUT2D eigenvalue weighted by atomic mass is 10.6. The standard InChI is InChI=1S/C14H23NO6/c1-4-13(16)20-9-7-18-11-15(6-3)12-19-8-10-21-14(17)5-2/h4-5H,1-2,6-12H2,3H3. The van der Waals surface area contributed by atoms with Gasteiger partial charge in [-0.3, -0.25) is 4.90 Å². The van der Waals surface area contributed by atoms with Crippen molar-refractivity contribution in [3.63, 3.8) is 0 Å². The maximum Gasteiger partial charge on any atom is 0.330 e. The number of nitrogens with zero attached hydrogens (tertiary/aromatic N) is 1. The summed E-state index contributed by atoms with van der Waals surface area (Å²) in [6.45, 7) is 10.9. The highest BCUT2D eigenvalue weighted by molar-refractivity contribution is 5.81. The van der Waals surface area contributed by atoms with E-state index in [4.69, 9.17) is 18.9 Å². The lowest BCUT2D eigenvalue weighted by Gasteiger charge is -2.20. The second-order valence-electron chi connectivity index (χ2n) is 3.80. The molecule has 21 heavy (non-hydrogen) atoms. The molecule has 0 amide bonds. The van der Waals surface area contributed by atoms with Gasteiger partial charge in [0.25, 0.3) is 0 Å². The summed E-state index contributed by atoms with van der Waals surface area (Å²) in [5.41, 5.74) is 0. The fourth-order valence-electron chi connectivity index (χ4n) is 1.13. The summed E-state index contributed by atoms with van der Waals surface area (Å²) in [4.78, 5) is 23.4. The topological polar surface area (TPSA) is 74.3 Å². The molecule has 0 saturated carbocycles. The molecule has 0 atom stereocenters. The van der Waals surface area contributed by atoms with Crippen molar-refractivity contribution < 1.29 is 28.5 Å². The van der Waals surface area contributed by atoms with Crippen molar-refractivity contribution in [1.29, 1.82) is 0 Å². The molecule has 0 aromatic rings. The smallest absolute Gasteiger partial charge is 0.330 e. The molecule has 0 aromatic carbocycles. The number of ether oxygens (including phenoxy) is 4. The Morgan fingerprint density at radius 2 is 1.33 bits per heavy atom. The summed E-state index contributed by atoms with van der Waals surface area (Å²) in [7, 11) is 0. The first-order chi connectivity index (χ1) is 10.1. The Labute approximate surface area is 125 Å². The molecule has 0 radical (unpaired) electrons. The van der Waals surface area contributed by atoms with Crippen LogP contribution in [0.15, 0.2) is 25.3 Å². The van der Waals surface area contributed by atoms with E-state index in [9.17, 15) is 9.59 Å². The number of hydrogen-bond acceptors (Lipinski definition) is 7. The van der Waals surface area contributed by atoms with Crippen LogP contribution in [0.5, 0.6) is 0 Å². The monoisotopic (exact) mass is 301 g/mol. The second-order valence-corrected chi connectivity index (χ2v) is 3.80. The third-order valence-electron chi connectivity index (χ3n) is 2.27. The fraction of sp³-hybridized carbons (Fsp3) is 0.571. The van der Waals surface area contributed by atoms with Gasteiger partial charge in [-0.25, -0.2) is 9.59 Å². The summed E-state index contributed by atoms with van der Waals surface area (Å²) < 4.78 is 20.2. The van der Waals surface area contributed by atoms with Gasteiger partial charge in [-0.1, -0.05) is 20.1 Å². The maximum atomic E-state index is 10.8. The molecular formula is C14H23NO6. The molecule has 0 heterocycles. The molecule has 7 nitrogen and oxygen atoms in total. The molecule has 0 unspecified atom stereocenters. The second kappa shape index (κ2) is 13.3. The van der Waals surface area contributed by atoms with Gasteiger partial charge in [0.1, 0.15) is 26.7 Å². The predicted molar refractivity (Wildman–Crippen MR) is 76.3 cm³/mol. The minimum Gasteiger partial charge on any atom is -0.460 e. The Balaban J connectivity index is 3.53. The van der Waals surface area contributed by atoms with Crippen LogP contribution in [0.1, 0.15) is 6.92 Å². The molecule has 0 spiro atoms. The van der Waals surface area contributed by atoms with Crippen molar-refractivity contribution in [2.45, 2.75) is 6.92 Å². The van der Waals surface area contributed by atoms with Crippen molar-refractivity contribution in [1.82, 2.24) is 4.90 Å². The Hall–Kier alpha value is -1.70. The molecule has 120 valence electrons. The van der Waals surface area contributed by atoms with Crippen LogP contribution in [0, 0.1) is 0 Å². The maximum absolute atomic E-state index is 10.8. The van der Waals surface area contributed by atoms with E-state index in [1.54, 1.807) is 0 Å². The van der Waals surface area contributed by atoms with Crippen molar-refractivity contribution in [3.8, 4) is 0 Å². The van der Waals surface area contributed by atoms with Crippen LogP contribution >= 0.6 is 0 Å². The van der Waals surface area contributed by atoms with Gasteiger partial charge in [-0.15, -0.1) is 0 Å². The highest BCUT2D eigenvalue weighted by atomic mass is 16.6. The predicted octanol–water partition coefficient (Wildman–Crippen LogP) is 0.715. The van der Waals surface area contributed by atoms with Crippen LogP contribution in [-0.2, 0) is 28.5 Å². The first kappa shape index (κ1) is 19.3. The average molecular weight is 301 g/mol. The quantitative estimate of drug-likeness (QED) is 0.215. The number of carbonyl (C=O) groups excluding carboxylic acids is 2. The van der Waals surface area contributed by atoms with Crippen LogP contribution in [0.3, 0.4) is 0 Å². The first-order valence-electron chi connectivity index (χ1n) is 6.60. The van der Waals surface area contributed by atoms with E-state index in [1.165, 1.54) is 0 Å². The third kappa shape index (κ3) is 11.8. The van der Waals surface area contributed by atoms with E-state index in [-0.39, 0.29) is 13.2 Å². The zero-order chi connectivity index (χ0) is 15.9. The van der Waals surface area contributed by atoms with Gasteiger partial charge in [0, 0.05) is 12.2 Å². The minimum absolute atomic E-state index is 0.181. The van der Waals surface area contributed by atoms with Gasteiger partial charge in [0.05, 0.1) is 13.2 Å². The Bertz CT molecular complexity index is 301. The fourth-order valence-corrected chi connectivity index (χ4v) is 1.13. The van der Waals surface area contributed by atoms with Gasteiger partial charge in [-0.05, 0) is 6.54 Å². The normalized spacial score (nSPS) is 10.2. The molecule has 0 rings (SSSR count). The molecule has 0 aliphatic carbocycles. The molecule has 0 bridgehead atoms. The van der Waals surface area contributed by atoms with Crippen LogP contribution in [0.4, 0.5) is 0 Å². The van der Waals surface area contributed by atoms with Gasteiger partial charge in [-0.2, -0.15) is 0 Å². The van der Waals surface area contributed by atoms with Gasteiger partial charge in [0.15, 0.2) is 0 Å². The zero-order valence-electron chi connectivity index (χ0n) is 12.4. The molecular weight excluding hydrogens is 278 g/mol. The molecule has 0 aromatic heterocycles. The van der Waals surface area contributed by atoms with Crippen molar-refractivity contribution >= 4 is 11.9 Å². The summed E-state index contributed by atoms with van der Waals surface area (Å²) in [5, 5.41) is 0. The minimum atomic E-state index is -0.469. The van der Waals surface area contributed by atoms with E-state index < -0.39 is 11.9 Å². The average Bonchev–Trinajstić information content (AvgIpc) is 2.51. The highest BCUT2D eigenvalue weighted by Crippen LogP contribution is 1.91.